The molecular weight excluding hydrogens is 230 g/mol. The first-order valence-corrected chi connectivity index (χ1v) is 6.08. The molecule has 13 heavy (non-hydrogen) atoms. The SMILES string of the molecule is O=C(CC1CC1)NCC(Br)C1CC1. The second-order valence-corrected chi connectivity index (χ2v) is 5.48. The lowest BCUT2D eigenvalue weighted by molar-refractivity contribution is -0.121. The molecule has 0 aliphatic heterocycles. The number of hydrogen-bond acceptors (Lipinski definition) is 1. The van der Waals surface area contributed by atoms with E-state index >= 15 is 0 Å². The van der Waals surface area contributed by atoms with Crippen LogP contribution in [0, 0.1) is 11.8 Å². The molecule has 2 fully saturated rings. The van der Waals surface area contributed by atoms with E-state index in [1.165, 1.54) is 25.7 Å². The highest BCUT2D eigenvalue weighted by Gasteiger charge is 2.30. The number of amides is 1. The molecule has 1 N–H and O–H groups in total. The van der Waals surface area contributed by atoms with Crippen LogP contribution in [-0.2, 0) is 4.79 Å². The van der Waals surface area contributed by atoms with Crippen LogP contribution in [0.15, 0.2) is 0 Å². The van der Waals surface area contributed by atoms with E-state index in [0.29, 0.717) is 10.7 Å². The van der Waals surface area contributed by atoms with Crippen molar-refractivity contribution in [3.05, 3.63) is 0 Å². The first-order valence-electron chi connectivity index (χ1n) is 5.16. The normalized spacial score (nSPS) is 24.1. The molecule has 0 aromatic heterocycles. The topological polar surface area (TPSA) is 29.1 Å². The predicted octanol–water partition coefficient (Wildman–Crippen LogP) is 2.08. The van der Waals surface area contributed by atoms with Gasteiger partial charge in [0.25, 0.3) is 0 Å². The maximum atomic E-state index is 11.3. The van der Waals surface area contributed by atoms with Crippen LogP contribution in [0.1, 0.15) is 32.1 Å². The van der Waals surface area contributed by atoms with Gasteiger partial charge in [0, 0.05) is 17.8 Å². The molecule has 0 bridgehead atoms. The Bertz CT molecular complexity index is 199. The highest BCUT2D eigenvalue weighted by molar-refractivity contribution is 9.09. The van der Waals surface area contributed by atoms with Gasteiger partial charge in [0.2, 0.25) is 5.91 Å². The zero-order valence-electron chi connectivity index (χ0n) is 7.76. The number of carbonyl (C=O) groups is 1. The summed E-state index contributed by atoms with van der Waals surface area (Å²) in [6.45, 7) is 0.816. The van der Waals surface area contributed by atoms with E-state index < -0.39 is 0 Å². The number of alkyl halides is 1. The number of nitrogens with one attached hydrogen (secondary N) is 1. The minimum Gasteiger partial charge on any atom is -0.355 e. The van der Waals surface area contributed by atoms with E-state index in [2.05, 4.69) is 21.2 Å². The average molecular weight is 246 g/mol. The summed E-state index contributed by atoms with van der Waals surface area (Å²) in [5.74, 6) is 1.77. The molecule has 0 saturated heterocycles. The van der Waals surface area contributed by atoms with Crippen molar-refractivity contribution < 1.29 is 4.79 Å². The zero-order valence-corrected chi connectivity index (χ0v) is 9.35. The molecule has 2 aliphatic carbocycles. The summed E-state index contributed by atoms with van der Waals surface area (Å²) in [7, 11) is 0. The summed E-state index contributed by atoms with van der Waals surface area (Å²) in [5.41, 5.74) is 0. The van der Waals surface area contributed by atoms with Gasteiger partial charge in [-0.25, -0.2) is 0 Å². The summed E-state index contributed by atoms with van der Waals surface area (Å²) in [6, 6.07) is 0. The molecule has 2 nitrogen and oxygen atoms in total. The number of halogens is 1. The van der Waals surface area contributed by atoms with Crippen molar-refractivity contribution in [2.45, 2.75) is 36.9 Å². The van der Waals surface area contributed by atoms with E-state index in [1.54, 1.807) is 0 Å². The van der Waals surface area contributed by atoms with Gasteiger partial charge in [0.1, 0.15) is 0 Å². The van der Waals surface area contributed by atoms with Crippen LogP contribution in [0.4, 0.5) is 0 Å². The lowest BCUT2D eigenvalue weighted by atomic mass is 10.2. The Balaban J connectivity index is 1.57. The molecule has 1 unspecified atom stereocenters. The second kappa shape index (κ2) is 3.99. The van der Waals surface area contributed by atoms with E-state index in [9.17, 15) is 4.79 Å². The van der Waals surface area contributed by atoms with Gasteiger partial charge in [0.05, 0.1) is 0 Å². The van der Waals surface area contributed by atoms with Crippen molar-refractivity contribution in [3.8, 4) is 0 Å². The lowest BCUT2D eigenvalue weighted by Crippen LogP contribution is -2.30. The molecule has 0 spiro atoms. The van der Waals surface area contributed by atoms with E-state index in [-0.39, 0.29) is 5.91 Å². The van der Waals surface area contributed by atoms with Crippen molar-refractivity contribution in [2.24, 2.45) is 11.8 Å². The Morgan fingerprint density at radius 3 is 2.62 bits per heavy atom. The van der Waals surface area contributed by atoms with Gasteiger partial charge in [-0.1, -0.05) is 15.9 Å². The predicted molar refractivity (Wildman–Crippen MR) is 55.8 cm³/mol. The largest absolute Gasteiger partial charge is 0.355 e. The third kappa shape index (κ3) is 3.29. The summed E-state index contributed by atoms with van der Waals surface area (Å²) < 4.78 is 0. The summed E-state index contributed by atoms with van der Waals surface area (Å²) in [5, 5.41) is 2.99. The molecule has 1 amide bonds. The molecule has 0 aromatic rings. The molecule has 3 heteroatoms. The summed E-state index contributed by atoms with van der Waals surface area (Å²) in [6.07, 6.45) is 5.93. The minimum absolute atomic E-state index is 0.243. The average Bonchev–Trinajstić information content (AvgIpc) is 2.90. The lowest BCUT2D eigenvalue weighted by Gasteiger charge is -2.09. The van der Waals surface area contributed by atoms with E-state index in [0.717, 1.165) is 18.9 Å². The molecule has 0 heterocycles. The van der Waals surface area contributed by atoms with Crippen molar-refractivity contribution in [2.75, 3.05) is 6.54 Å². The molecule has 2 saturated carbocycles. The molecule has 2 rings (SSSR count). The van der Waals surface area contributed by atoms with Crippen LogP contribution in [0.2, 0.25) is 0 Å². The Labute approximate surface area is 87.6 Å². The van der Waals surface area contributed by atoms with Crippen molar-refractivity contribution >= 4 is 21.8 Å². The van der Waals surface area contributed by atoms with Crippen LogP contribution < -0.4 is 5.32 Å². The number of hydrogen-bond donors (Lipinski definition) is 1. The Morgan fingerprint density at radius 2 is 2.08 bits per heavy atom. The molecule has 74 valence electrons. The van der Waals surface area contributed by atoms with Gasteiger partial charge >= 0.3 is 0 Å². The Kier molecular flexibility index (Phi) is 2.92. The highest BCUT2D eigenvalue weighted by atomic mass is 79.9. The van der Waals surface area contributed by atoms with Crippen LogP contribution in [0.25, 0.3) is 0 Å². The fourth-order valence-electron chi connectivity index (χ4n) is 1.49. The van der Waals surface area contributed by atoms with Gasteiger partial charge in [-0.15, -0.1) is 0 Å². The monoisotopic (exact) mass is 245 g/mol. The summed E-state index contributed by atoms with van der Waals surface area (Å²) in [4.78, 5) is 11.8. The number of carbonyl (C=O) groups excluding carboxylic acids is 1. The molecule has 2 aliphatic rings. The molecule has 1 atom stereocenters. The zero-order chi connectivity index (χ0) is 9.26. The third-order valence-electron chi connectivity index (χ3n) is 2.80. The maximum absolute atomic E-state index is 11.3. The van der Waals surface area contributed by atoms with Crippen LogP contribution in [0.3, 0.4) is 0 Å². The van der Waals surface area contributed by atoms with Crippen LogP contribution >= 0.6 is 15.9 Å². The minimum atomic E-state index is 0.243. The van der Waals surface area contributed by atoms with Crippen molar-refractivity contribution in [1.82, 2.24) is 5.32 Å². The smallest absolute Gasteiger partial charge is 0.220 e. The fourth-order valence-corrected chi connectivity index (χ4v) is 2.18. The van der Waals surface area contributed by atoms with Crippen LogP contribution in [0.5, 0.6) is 0 Å². The van der Waals surface area contributed by atoms with E-state index in [4.69, 9.17) is 0 Å². The molecule has 0 aromatic carbocycles. The fraction of sp³-hybridized carbons (Fsp3) is 0.900. The van der Waals surface area contributed by atoms with Gasteiger partial charge in [0.15, 0.2) is 0 Å². The van der Waals surface area contributed by atoms with E-state index in [1.807, 2.05) is 0 Å². The van der Waals surface area contributed by atoms with Crippen molar-refractivity contribution in [3.63, 3.8) is 0 Å². The Morgan fingerprint density at radius 1 is 1.38 bits per heavy atom. The molecule has 0 radical (unpaired) electrons. The van der Waals surface area contributed by atoms with Gasteiger partial charge in [-0.05, 0) is 37.5 Å². The quantitative estimate of drug-likeness (QED) is 0.739. The first-order chi connectivity index (χ1) is 6.25. The van der Waals surface area contributed by atoms with Gasteiger partial charge in [-0.3, -0.25) is 4.79 Å². The maximum Gasteiger partial charge on any atom is 0.220 e. The van der Waals surface area contributed by atoms with Gasteiger partial charge in [-0.2, -0.15) is 0 Å². The Hall–Kier alpha value is -0.0500. The molecular formula is C10H16BrNO. The number of rotatable bonds is 5. The van der Waals surface area contributed by atoms with Gasteiger partial charge < -0.3 is 5.32 Å². The highest BCUT2D eigenvalue weighted by Crippen LogP contribution is 2.36. The summed E-state index contributed by atoms with van der Waals surface area (Å²) >= 11 is 3.60. The van der Waals surface area contributed by atoms with Crippen LogP contribution in [-0.4, -0.2) is 17.3 Å². The van der Waals surface area contributed by atoms with Crippen molar-refractivity contribution in [1.29, 1.82) is 0 Å². The third-order valence-corrected chi connectivity index (χ3v) is 3.87. The first kappa shape index (κ1) is 9.50. The second-order valence-electron chi connectivity index (χ2n) is 4.31. The standard InChI is InChI=1S/C10H16BrNO/c11-9(8-3-4-8)6-12-10(13)5-7-1-2-7/h7-9H,1-6H2,(H,12,13).